The Morgan fingerprint density at radius 1 is 0.781 bits per heavy atom. The van der Waals surface area contributed by atoms with Crippen LogP contribution in [0.25, 0.3) is 0 Å². The molecule has 32 heavy (non-hydrogen) atoms. The second-order valence-corrected chi connectivity index (χ2v) is 11.9. The average Bonchev–Trinajstić information content (AvgIpc) is 2.65. The highest BCUT2D eigenvalue weighted by Gasteiger charge is 2.54. The molecule has 0 saturated carbocycles. The van der Waals surface area contributed by atoms with Gasteiger partial charge < -0.3 is 9.67 Å². The number of hydrogen-bond donors (Lipinski definition) is 1. The molecule has 0 fully saturated rings. The summed E-state index contributed by atoms with van der Waals surface area (Å²) in [4.78, 5) is 28.1. The standard InChI is InChI=1S/C27H31O4P/c1-16-12-18(3)23(19(4)13-16)25(28)32(31,22-10-8-9-11-27(22,7)30)26(29)24-20(5)14-17(2)15-21(24)6/h8-15,22,30H,1-7H3. The number of aliphatic hydroxyl groups is 1. The molecule has 2 atom stereocenters. The molecule has 0 heterocycles. The SMILES string of the molecule is Cc1cc(C)c(C(=O)P(=O)(C(=O)c2c(C)cc(C)cc2C)C2C=CC=CC2(C)O)c(C)c1. The molecule has 0 aromatic heterocycles. The fraction of sp³-hybridized carbons (Fsp3) is 0.333. The van der Waals surface area contributed by atoms with Crippen molar-refractivity contribution in [2.75, 3.05) is 0 Å². The Balaban J connectivity index is 2.33. The fourth-order valence-corrected chi connectivity index (χ4v) is 8.14. The summed E-state index contributed by atoms with van der Waals surface area (Å²) in [6.45, 7) is 12.5. The van der Waals surface area contributed by atoms with Crippen LogP contribution in [0.3, 0.4) is 0 Å². The first kappa shape index (κ1) is 24.1. The van der Waals surface area contributed by atoms with Crippen LogP contribution in [-0.4, -0.2) is 27.4 Å². The monoisotopic (exact) mass is 450 g/mol. The summed E-state index contributed by atoms with van der Waals surface area (Å²) < 4.78 is 14.8. The molecule has 0 aliphatic heterocycles. The van der Waals surface area contributed by atoms with Crippen LogP contribution >= 0.6 is 7.14 Å². The molecule has 3 rings (SSSR count). The molecule has 1 aliphatic rings. The summed E-state index contributed by atoms with van der Waals surface area (Å²) in [6, 6.07) is 7.41. The van der Waals surface area contributed by atoms with E-state index < -0.39 is 29.5 Å². The van der Waals surface area contributed by atoms with E-state index in [2.05, 4.69) is 0 Å². The number of benzene rings is 2. The highest BCUT2D eigenvalue weighted by Crippen LogP contribution is 2.61. The average molecular weight is 451 g/mol. The van der Waals surface area contributed by atoms with Crippen molar-refractivity contribution in [1.29, 1.82) is 0 Å². The van der Waals surface area contributed by atoms with Crippen molar-refractivity contribution >= 4 is 18.2 Å². The molecule has 0 radical (unpaired) electrons. The van der Waals surface area contributed by atoms with Crippen LogP contribution in [0.2, 0.25) is 0 Å². The lowest BCUT2D eigenvalue weighted by Crippen LogP contribution is -2.40. The van der Waals surface area contributed by atoms with Crippen LogP contribution in [-0.2, 0) is 4.57 Å². The van der Waals surface area contributed by atoms with Crippen molar-refractivity contribution in [3.8, 4) is 0 Å². The topological polar surface area (TPSA) is 71.4 Å². The van der Waals surface area contributed by atoms with Crippen LogP contribution < -0.4 is 0 Å². The van der Waals surface area contributed by atoms with Gasteiger partial charge in [0.2, 0.25) is 18.2 Å². The minimum Gasteiger partial charge on any atom is -0.385 e. The summed E-state index contributed by atoms with van der Waals surface area (Å²) >= 11 is 0. The second-order valence-electron chi connectivity index (χ2n) is 9.23. The molecule has 0 bridgehead atoms. The van der Waals surface area contributed by atoms with Crippen LogP contribution in [0.5, 0.6) is 0 Å². The molecule has 2 unspecified atom stereocenters. The first-order chi connectivity index (χ1) is 14.8. The molecule has 0 amide bonds. The summed E-state index contributed by atoms with van der Waals surface area (Å²) in [7, 11) is -4.35. The van der Waals surface area contributed by atoms with E-state index in [9.17, 15) is 19.3 Å². The highest BCUT2D eigenvalue weighted by atomic mass is 31.2. The predicted molar refractivity (Wildman–Crippen MR) is 130 cm³/mol. The second kappa shape index (κ2) is 8.42. The van der Waals surface area contributed by atoms with Crippen molar-refractivity contribution in [2.24, 2.45) is 0 Å². The van der Waals surface area contributed by atoms with Crippen molar-refractivity contribution in [2.45, 2.75) is 59.7 Å². The number of rotatable bonds is 5. The van der Waals surface area contributed by atoms with E-state index in [1.165, 1.54) is 19.1 Å². The van der Waals surface area contributed by atoms with E-state index in [-0.39, 0.29) is 0 Å². The van der Waals surface area contributed by atoms with E-state index in [0.717, 1.165) is 11.1 Å². The van der Waals surface area contributed by atoms with Crippen molar-refractivity contribution in [3.05, 3.63) is 93.1 Å². The molecule has 168 valence electrons. The van der Waals surface area contributed by atoms with E-state index in [1.54, 1.807) is 39.8 Å². The van der Waals surface area contributed by atoms with Gasteiger partial charge in [0.15, 0.2) is 0 Å². The minimum absolute atomic E-state index is 0.299. The third-order valence-corrected chi connectivity index (χ3v) is 9.35. The number of carbonyl (C=O) groups excluding carboxylic acids is 2. The molecule has 2 aromatic rings. The van der Waals surface area contributed by atoms with Gasteiger partial charge >= 0.3 is 0 Å². The molecule has 1 aliphatic carbocycles. The Morgan fingerprint density at radius 3 is 1.50 bits per heavy atom. The summed E-state index contributed by atoms with van der Waals surface area (Å²) in [5.41, 5.74) is 1.12. The fourth-order valence-electron chi connectivity index (χ4n) is 4.91. The first-order valence-corrected chi connectivity index (χ1v) is 12.5. The molecule has 1 N–H and O–H groups in total. The van der Waals surface area contributed by atoms with Gasteiger partial charge in [0.25, 0.3) is 0 Å². The zero-order valence-electron chi connectivity index (χ0n) is 19.8. The Bertz CT molecular complexity index is 1110. The van der Waals surface area contributed by atoms with Crippen molar-refractivity contribution in [3.63, 3.8) is 0 Å². The minimum atomic E-state index is -4.35. The largest absolute Gasteiger partial charge is 0.385 e. The highest BCUT2D eigenvalue weighted by molar-refractivity contribution is 7.96. The maximum Gasteiger partial charge on any atom is 0.230 e. The lowest BCUT2D eigenvalue weighted by Gasteiger charge is -2.35. The molecule has 0 spiro atoms. The van der Waals surface area contributed by atoms with Crippen LogP contribution in [0.15, 0.2) is 48.6 Å². The zero-order valence-corrected chi connectivity index (χ0v) is 20.7. The maximum absolute atomic E-state index is 14.8. The Labute approximate surface area is 190 Å². The summed E-state index contributed by atoms with van der Waals surface area (Å²) in [5.74, 6) is 0. The summed E-state index contributed by atoms with van der Waals surface area (Å²) in [6.07, 6.45) is 6.31. The molecule has 2 aromatic carbocycles. The lowest BCUT2D eigenvalue weighted by atomic mass is 9.97. The first-order valence-electron chi connectivity index (χ1n) is 10.7. The van der Waals surface area contributed by atoms with Gasteiger partial charge in [0, 0.05) is 11.1 Å². The van der Waals surface area contributed by atoms with Gasteiger partial charge in [-0.2, -0.15) is 0 Å². The number of carbonyl (C=O) groups is 2. The van der Waals surface area contributed by atoms with Gasteiger partial charge in [-0.15, -0.1) is 0 Å². The van der Waals surface area contributed by atoms with Gasteiger partial charge in [-0.3, -0.25) is 9.59 Å². The maximum atomic E-state index is 14.8. The Kier molecular flexibility index (Phi) is 6.34. The molecular formula is C27H31O4P. The third kappa shape index (κ3) is 3.98. The lowest BCUT2D eigenvalue weighted by molar-refractivity contribution is 0.0975. The van der Waals surface area contributed by atoms with Gasteiger partial charge in [0.1, 0.15) is 0 Å². The van der Waals surface area contributed by atoms with Gasteiger partial charge in [-0.05, 0) is 70.7 Å². The van der Waals surface area contributed by atoms with Crippen molar-refractivity contribution < 1.29 is 19.3 Å². The van der Waals surface area contributed by atoms with Crippen molar-refractivity contribution in [1.82, 2.24) is 0 Å². The van der Waals surface area contributed by atoms with Gasteiger partial charge in [-0.25, -0.2) is 0 Å². The predicted octanol–water partition coefficient (Wildman–Crippen LogP) is 6.13. The molecule has 4 nitrogen and oxygen atoms in total. The smallest absolute Gasteiger partial charge is 0.230 e. The van der Waals surface area contributed by atoms with Crippen LogP contribution in [0.1, 0.15) is 61.0 Å². The van der Waals surface area contributed by atoms with E-state index >= 15 is 0 Å². The van der Waals surface area contributed by atoms with Gasteiger partial charge in [0.05, 0.1) is 11.3 Å². The van der Waals surface area contributed by atoms with E-state index in [1.807, 2.05) is 38.1 Å². The summed E-state index contributed by atoms with van der Waals surface area (Å²) in [5, 5.41) is 11.1. The molecular weight excluding hydrogens is 419 g/mol. The number of hydrogen-bond acceptors (Lipinski definition) is 4. The zero-order chi connectivity index (χ0) is 24.0. The quantitative estimate of drug-likeness (QED) is 0.557. The Hall–Kier alpha value is -2.55. The van der Waals surface area contributed by atoms with Crippen LogP contribution in [0.4, 0.5) is 0 Å². The van der Waals surface area contributed by atoms with Crippen LogP contribution in [0, 0.1) is 41.5 Å². The third-order valence-electron chi connectivity index (χ3n) is 6.21. The van der Waals surface area contributed by atoms with Gasteiger partial charge in [-0.1, -0.05) is 59.7 Å². The Morgan fingerprint density at radius 2 is 1.16 bits per heavy atom. The molecule has 0 saturated heterocycles. The van der Waals surface area contributed by atoms with E-state index in [0.29, 0.717) is 33.4 Å². The van der Waals surface area contributed by atoms with E-state index in [4.69, 9.17) is 0 Å². The normalized spacial score (nSPS) is 20.4. The number of allylic oxidation sites excluding steroid dienone is 2. The molecule has 5 heteroatoms. The number of aryl methyl sites for hydroxylation is 6.